The average Bonchev–Trinajstić information content (AvgIpc) is 3.39. The third kappa shape index (κ3) is 2.25. The predicted molar refractivity (Wildman–Crippen MR) is 86.3 cm³/mol. The van der Waals surface area contributed by atoms with Crippen molar-refractivity contribution in [2.24, 2.45) is 0 Å². The number of hydrogen-bond acceptors (Lipinski definition) is 2. The second kappa shape index (κ2) is 4.90. The van der Waals surface area contributed by atoms with Crippen molar-refractivity contribution in [2.75, 3.05) is 5.73 Å². The van der Waals surface area contributed by atoms with E-state index in [4.69, 9.17) is 10.7 Å². The number of nitrogens with two attached hydrogens (primary N) is 1. The zero-order chi connectivity index (χ0) is 14.4. The SMILES string of the molecule is CCCn1c(C2CC2)nc(-c2ccccc2C2CC2)c1N. The van der Waals surface area contributed by atoms with Crippen molar-refractivity contribution in [1.82, 2.24) is 9.55 Å². The van der Waals surface area contributed by atoms with E-state index in [1.165, 1.54) is 42.6 Å². The van der Waals surface area contributed by atoms with Crippen molar-refractivity contribution < 1.29 is 0 Å². The summed E-state index contributed by atoms with van der Waals surface area (Å²) in [6, 6.07) is 8.69. The van der Waals surface area contributed by atoms with Crippen LogP contribution in [0.3, 0.4) is 0 Å². The summed E-state index contributed by atoms with van der Waals surface area (Å²) in [6.45, 7) is 3.18. The van der Waals surface area contributed by atoms with Crippen LogP contribution in [-0.2, 0) is 6.54 Å². The zero-order valence-electron chi connectivity index (χ0n) is 12.7. The second-order valence-corrected chi connectivity index (χ2v) is 6.49. The summed E-state index contributed by atoms with van der Waals surface area (Å²) in [5.41, 5.74) is 10.2. The molecule has 0 radical (unpaired) electrons. The number of hydrogen-bond donors (Lipinski definition) is 1. The number of nitrogen functional groups attached to an aromatic ring is 1. The molecule has 2 N–H and O–H groups in total. The summed E-state index contributed by atoms with van der Waals surface area (Å²) in [6.07, 6.45) is 6.25. The number of nitrogens with zero attached hydrogens (tertiary/aromatic N) is 2. The minimum atomic E-state index is 0.640. The Morgan fingerprint density at radius 1 is 1.14 bits per heavy atom. The van der Waals surface area contributed by atoms with Gasteiger partial charge in [0.1, 0.15) is 17.3 Å². The Kier molecular flexibility index (Phi) is 3.02. The van der Waals surface area contributed by atoms with Crippen molar-refractivity contribution >= 4 is 5.82 Å². The van der Waals surface area contributed by atoms with Gasteiger partial charge in [-0.1, -0.05) is 31.2 Å². The van der Waals surface area contributed by atoms with E-state index in [1.807, 2.05) is 0 Å². The van der Waals surface area contributed by atoms with Gasteiger partial charge in [-0.2, -0.15) is 0 Å². The average molecular weight is 281 g/mol. The van der Waals surface area contributed by atoms with Crippen LogP contribution in [0.1, 0.15) is 62.3 Å². The predicted octanol–water partition coefficient (Wildman–Crippen LogP) is 4.30. The van der Waals surface area contributed by atoms with Crippen LogP contribution in [0, 0.1) is 0 Å². The molecule has 1 aromatic carbocycles. The molecule has 1 aromatic heterocycles. The third-order valence-electron chi connectivity index (χ3n) is 4.66. The molecule has 0 aliphatic heterocycles. The molecule has 0 unspecified atom stereocenters. The molecular formula is C18H23N3. The lowest BCUT2D eigenvalue weighted by molar-refractivity contribution is 0.646. The quantitative estimate of drug-likeness (QED) is 0.888. The highest BCUT2D eigenvalue weighted by atomic mass is 15.1. The Hall–Kier alpha value is -1.77. The van der Waals surface area contributed by atoms with E-state index in [0.717, 1.165) is 30.4 Å². The van der Waals surface area contributed by atoms with Crippen molar-refractivity contribution in [3.05, 3.63) is 35.7 Å². The highest BCUT2D eigenvalue weighted by molar-refractivity contribution is 5.75. The summed E-state index contributed by atoms with van der Waals surface area (Å²) < 4.78 is 2.26. The summed E-state index contributed by atoms with van der Waals surface area (Å²) in [5, 5.41) is 0. The van der Waals surface area contributed by atoms with E-state index >= 15 is 0 Å². The Bertz CT molecular complexity index is 663. The molecule has 0 saturated heterocycles. The van der Waals surface area contributed by atoms with Gasteiger partial charge in [-0.25, -0.2) is 4.98 Å². The first kappa shape index (κ1) is 12.9. The molecular weight excluding hydrogens is 258 g/mol. The summed E-state index contributed by atoms with van der Waals surface area (Å²) in [7, 11) is 0. The monoisotopic (exact) mass is 281 g/mol. The molecule has 3 heteroatoms. The van der Waals surface area contributed by atoms with Crippen molar-refractivity contribution in [1.29, 1.82) is 0 Å². The van der Waals surface area contributed by atoms with Crippen LogP contribution in [0.4, 0.5) is 5.82 Å². The van der Waals surface area contributed by atoms with E-state index < -0.39 is 0 Å². The summed E-state index contributed by atoms with van der Waals surface area (Å²) in [5.74, 6) is 3.45. The largest absolute Gasteiger partial charge is 0.383 e. The molecule has 0 bridgehead atoms. The molecule has 0 amide bonds. The van der Waals surface area contributed by atoms with Crippen LogP contribution in [0.2, 0.25) is 0 Å². The molecule has 1 heterocycles. The molecule has 3 nitrogen and oxygen atoms in total. The first-order valence-corrected chi connectivity index (χ1v) is 8.24. The van der Waals surface area contributed by atoms with Gasteiger partial charge in [0.2, 0.25) is 0 Å². The van der Waals surface area contributed by atoms with E-state index in [-0.39, 0.29) is 0 Å². The Morgan fingerprint density at radius 3 is 2.52 bits per heavy atom. The first-order valence-electron chi connectivity index (χ1n) is 8.24. The number of anilines is 1. The van der Waals surface area contributed by atoms with Crippen LogP contribution in [0.15, 0.2) is 24.3 Å². The van der Waals surface area contributed by atoms with Crippen molar-refractivity contribution in [2.45, 2.75) is 57.4 Å². The van der Waals surface area contributed by atoms with E-state index in [2.05, 4.69) is 35.8 Å². The van der Waals surface area contributed by atoms with Gasteiger partial charge >= 0.3 is 0 Å². The van der Waals surface area contributed by atoms with E-state index in [9.17, 15) is 0 Å². The number of rotatable bonds is 5. The van der Waals surface area contributed by atoms with Gasteiger partial charge < -0.3 is 10.3 Å². The maximum atomic E-state index is 6.48. The molecule has 2 fully saturated rings. The zero-order valence-corrected chi connectivity index (χ0v) is 12.7. The lowest BCUT2D eigenvalue weighted by atomic mass is 10.0. The molecule has 4 rings (SSSR count). The van der Waals surface area contributed by atoms with Crippen LogP contribution in [-0.4, -0.2) is 9.55 Å². The van der Waals surface area contributed by atoms with Gasteiger partial charge in [-0.05, 0) is 43.6 Å². The van der Waals surface area contributed by atoms with Crippen LogP contribution in [0.25, 0.3) is 11.3 Å². The summed E-state index contributed by atoms with van der Waals surface area (Å²) >= 11 is 0. The maximum absolute atomic E-state index is 6.48. The number of aromatic nitrogens is 2. The van der Waals surface area contributed by atoms with Crippen LogP contribution in [0.5, 0.6) is 0 Å². The Labute approximate surface area is 126 Å². The smallest absolute Gasteiger partial charge is 0.131 e. The molecule has 2 aromatic rings. The van der Waals surface area contributed by atoms with Gasteiger partial charge in [-0.15, -0.1) is 0 Å². The minimum absolute atomic E-state index is 0.640. The van der Waals surface area contributed by atoms with Gasteiger partial charge in [0.05, 0.1) is 0 Å². The minimum Gasteiger partial charge on any atom is -0.383 e. The van der Waals surface area contributed by atoms with Crippen LogP contribution < -0.4 is 5.73 Å². The fourth-order valence-electron chi connectivity index (χ4n) is 3.26. The standard InChI is InChI=1S/C18H23N3/c1-2-11-21-17(19)16(20-18(21)13-9-10-13)15-6-4-3-5-14(15)12-7-8-12/h3-6,12-13H,2,7-11,19H2,1H3. The van der Waals surface area contributed by atoms with Crippen LogP contribution >= 0.6 is 0 Å². The summed E-state index contributed by atoms with van der Waals surface area (Å²) in [4.78, 5) is 4.97. The highest BCUT2D eigenvalue weighted by Crippen LogP contribution is 2.47. The molecule has 21 heavy (non-hydrogen) atoms. The molecule has 0 spiro atoms. The van der Waals surface area contributed by atoms with Crippen molar-refractivity contribution in [3.63, 3.8) is 0 Å². The Morgan fingerprint density at radius 2 is 1.86 bits per heavy atom. The fourth-order valence-corrected chi connectivity index (χ4v) is 3.26. The van der Waals surface area contributed by atoms with Gasteiger partial charge in [0.15, 0.2) is 0 Å². The maximum Gasteiger partial charge on any atom is 0.131 e. The molecule has 110 valence electrons. The molecule has 2 aliphatic carbocycles. The van der Waals surface area contributed by atoms with Gasteiger partial charge in [0.25, 0.3) is 0 Å². The normalized spacial score (nSPS) is 18.1. The Balaban J connectivity index is 1.83. The van der Waals surface area contributed by atoms with E-state index in [0.29, 0.717) is 5.92 Å². The highest BCUT2D eigenvalue weighted by Gasteiger charge is 2.32. The first-order chi connectivity index (χ1) is 10.3. The molecule has 2 saturated carbocycles. The second-order valence-electron chi connectivity index (χ2n) is 6.49. The van der Waals surface area contributed by atoms with Gasteiger partial charge in [-0.3, -0.25) is 0 Å². The molecule has 2 aliphatic rings. The topological polar surface area (TPSA) is 43.8 Å². The number of imidazole rings is 1. The van der Waals surface area contributed by atoms with Crippen molar-refractivity contribution in [3.8, 4) is 11.3 Å². The number of benzene rings is 1. The lowest BCUT2D eigenvalue weighted by Gasteiger charge is -2.09. The van der Waals surface area contributed by atoms with Gasteiger partial charge in [0, 0.05) is 18.0 Å². The van der Waals surface area contributed by atoms with E-state index in [1.54, 1.807) is 0 Å². The lowest BCUT2D eigenvalue weighted by Crippen LogP contribution is -2.06. The fraction of sp³-hybridized carbons (Fsp3) is 0.500. The third-order valence-corrected chi connectivity index (χ3v) is 4.66. The molecule has 0 atom stereocenters.